The van der Waals surface area contributed by atoms with Crippen LogP contribution in [-0.2, 0) is 16.1 Å². The normalized spacial score (nSPS) is 36.5. The summed E-state index contributed by atoms with van der Waals surface area (Å²) in [5.41, 5.74) is 1.69. The molecule has 2 heterocycles. The summed E-state index contributed by atoms with van der Waals surface area (Å²) >= 11 is 0. The molecule has 26 heavy (non-hydrogen) atoms. The van der Waals surface area contributed by atoms with Gasteiger partial charge < -0.3 is 14.6 Å². The van der Waals surface area contributed by atoms with Crippen LogP contribution in [0.2, 0.25) is 0 Å². The van der Waals surface area contributed by atoms with Crippen LogP contribution in [0.3, 0.4) is 0 Å². The molecule has 3 fully saturated rings. The smallest absolute Gasteiger partial charge is 0.310 e. The van der Waals surface area contributed by atoms with Crippen molar-refractivity contribution in [3.63, 3.8) is 0 Å². The number of carbonyl (C=O) groups excluding carboxylic acids is 1. The van der Waals surface area contributed by atoms with E-state index in [-0.39, 0.29) is 23.4 Å². The number of rotatable bonds is 6. The van der Waals surface area contributed by atoms with Crippen molar-refractivity contribution >= 4 is 5.97 Å². The van der Waals surface area contributed by atoms with Gasteiger partial charge in [0.2, 0.25) is 0 Å². The number of imidazole rings is 1. The summed E-state index contributed by atoms with van der Waals surface area (Å²) in [5, 5.41) is 3.49. The van der Waals surface area contributed by atoms with Gasteiger partial charge in [-0.05, 0) is 56.4 Å². The molecule has 5 heteroatoms. The summed E-state index contributed by atoms with van der Waals surface area (Å²) in [6.45, 7) is 9.35. The van der Waals surface area contributed by atoms with Crippen LogP contribution < -0.4 is 5.32 Å². The van der Waals surface area contributed by atoms with E-state index in [1.165, 1.54) is 18.4 Å². The third-order valence-corrected chi connectivity index (χ3v) is 7.01. The first-order chi connectivity index (χ1) is 12.6. The first-order valence-corrected chi connectivity index (χ1v) is 10.1. The summed E-state index contributed by atoms with van der Waals surface area (Å²) in [6, 6.07) is 0. The van der Waals surface area contributed by atoms with Crippen molar-refractivity contribution in [3.8, 4) is 0 Å². The van der Waals surface area contributed by atoms with Gasteiger partial charge in [0.25, 0.3) is 0 Å². The lowest BCUT2D eigenvalue weighted by molar-refractivity contribution is -0.146. The zero-order chi connectivity index (χ0) is 18.1. The number of nitrogens with zero attached hydrogens (tertiary/aromatic N) is 2. The highest BCUT2D eigenvalue weighted by atomic mass is 16.6. The average molecular weight is 357 g/mol. The van der Waals surface area contributed by atoms with Gasteiger partial charge in [0, 0.05) is 31.4 Å². The number of aryl methyl sites for hydroxylation is 1. The molecule has 1 saturated heterocycles. The molecule has 2 aliphatic carbocycles. The van der Waals surface area contributed by atoms with Crippen LogP contribution in [0.25, 0.3) is 0 Å². The molecule has 5 nitrogen and oxygen atoms in total. The van der Waals surface area contributed by atoms with Crippen LogP contribution in [0.1, 0.15) is 45.4 Å². The second-order valence-electron chi connectivity index (χ2n) is 8.76. The van der Waals surface area contributed by atoms with Crippen molar-refractivity contribution in [2.24, 2.45) is 23.2 Å². The maximum absolute atomic E-state index is 12.5. The summed E-state index contributed by atoms with van der Waals surface area (Å²) in [4.78, 5) is 16.5. The van der Waals surface area contributed by atoms with Gasteiger partial charge in [-0.2, -0.15) is 0 Å². The zero-order valence-corrected chi connectivity index (χ0v) is 15.8. The van der Waals surface area contributed by atoms with E-state index in [9.17, 15) is 4.79 Å². The van der Waals surface area contributed by atoms with Crippen LogP contribution in [0.15, 0.2) is 30.9 Å². The second kappa shape index (κ2) is 7.18. The van der Waals surface area contributed by atoms with Gasteiger partial charge >= 0.3 is 5.97 Å². The molecule has 4 rings (SSSR count). The Hall–Kier alpha value is -1.62. The number of nitrogens with one attached hydrogen (secondary N) is 1. The molecule has 1 aliphatic heterocycles. The lowest BCUT2D eigenvalue weighted by atomic mass is 9.55. The van der Waals surface area contributed by atoms with E-state index < -0.39 is 0 Å². The predicted molar refractivity (Wildman–Crippen MR) is 100 cm³/mol. The number of allylic oxidation sites excluding steroid dienone is 1. The van der Waals surface area contributed by atoms with E-state index in [2.05, 4.69) is 28.4 Å². The molecule has 0 bridgehead atoms. The number of carbonyl (C=O) groups is 1. The highest BCUT2D eigenvalue weighted by Gasteiger charge is 2.54. The molecular weight excluding hydrogens is 326 g/mol. The molecule has 1 aromatic rings. The molecular formula is C21H31N3O2. The summed E-state index contributed by atoms with van der Waals surface area (Å²) in [6.07, 6.45) is 12.5. The predicted octanol–water partition coefficient (Wildman–Crippen LogP) is 3.18. The van der Waals surface area contributed by atoms with Crippen molar-refractivity contribution in [2.75, 3.05) is 13.1 Å². The minimum atomic E-state index is 0.00696. The van der Waals surface area contributed by atoms with Gasteiger partial charge in [-0.1, -0.05) is 19.1 Å². The number of fused-ring (bicyclic) bond motifs is 2. The molecule has 1 N–H and O–H groups in total. The van der Waals surface area contributed by atoms with Gasteiger partial charge in [0.05, 0.1) is 12.2 Å². The minimum Gasteiger partial charge on any atom is -0.462 e. The molecule has 0 radical (unpaired) electrons. The van der Waals surface area contributed by atoms with Crippen molar-refractivity contribution in [1.82, 2.24) is 14.9 Å². The second-order valence-corrected chi connectivity index (χ2v) is 8.76. The Kier molecular flexibility index (Phi) is 4.91. The van der Waals surface area contributed by atoms with Crippen molar-refractivity contribution < 1.29 is 9.53 Å². The highest BCUT2D eigenvalue weighted by molar-refractivity contribution is 5.75. The van der Waals surface area contributed by atoms with Gasteiger partial charge in [-0.25, -0.2) is 4.98 Å². The SMILES string of the molecule is C=C1CCC[C@@]2(C)C[C@H]3OC(=O)[C@@H](CNCCCn4ccnc4)[C@@H]3C[C@@H]12. The standard InChI is InChI=1S/C21H31N3O2/c1-15-5-3-6-21(2)12-19-16(11-18(15)21)17(20(25)26-19)13-22-7-4-9-24-10-8-23-14-24/h8,10,14,16-19,22H,1,3-7,9,11-13H2,2H3/t16-,17-,18-,19+,21-/m0/s1. The number of hydrogen-bond acceptors (Lipinski definition) is 4. The lowest BCUT2D eigenvalue weighted by Crippen LogP contribution is -2.45. The average Bonchev–Trinajstić information content (AvgIpc) is 3.21. The van der Waals surface area contributed by atoms with Crippen LogP contribution in [0.5, 0.6) is 0 Å². The fourth-order valence-corrected chi connectivity index (χ4v) is 5.55. The Morgan fingerprint density at radius 2 is 2.38 bits per heavy atom. The van der Waals surface area contributed by atoms with Gasteiger partial charge in [-0.3, -0.25) is 4.79 Å². The minimum absolute atomic E-state index is 0.00696. The zero-order valence-electron chi connectivity index (χ0n) is 15.8. The van der Waals surface area contributed by atoms with Gasteiger partial charge in [-0.15, -0.1) is 0 Å². The van der Waals surface area contributed by atoms with E-state index in [0.29, 0.717) is 11.8 Å². The number of hydrogen-bond donors (Lipinski definition) is 1. The Morgan fingerprint density at radius 3 is 3.19 bits per heavy atom. The molecule has 142 valence electrons. The monoisotopic (exact) mass is 357 g/mol. The van der Waals surface area contributed by atoms with Gasteiger partial charge in [0.1, 0.15) is 6.10 Å². The Balaban J connectivity index is 1.31. The third-order valence-electron chi connectivity index (χ3n) is 7.01. The van der Waals surface area contributed by atoms with Crippen LogP contribution in [0, 0.1) is 23.2 Å². The Bertz CT molecular complexity index is 656. The fraction of sp³-hybridized carbons (Fsp3) is 0.714. The fourth-order valence-electron chi connectivity index (χ4n) is 5.55. The quantitative estimate of drug-likeness (QED) is 0.483. The topological polar surface area (TPSA) is 56.1 Å². The molecule has 2 saturated carbocycles. The van der Waals surface area contributed by atoms with Crippen LogP contribution in [0.4, 0.5) is 0 Å². The third kappa shape index (κ3) is 3.34. The molecule has 0 unspecified atom stereocenters. The molecule has 3 aliphatic rings. The maximum atomic E-state index is 12.5. The highest BCUT2D eigenvalue weighted by Crippen LogP contribution is 2.56. The van der Waals surface area contributed by atoms with Crippen LogP contribution in [-0.4, -0.2) is 34.7 Å². The summed E-state index contributed by atoms with van der Waals surface area (Å²) in [5.74, 6) is 0.940. The van der Waals surface area contributed by atoms with E-state index >= 15 is 0 Å². The van der Waals surface area contributed by atoms with Crippen molar-refractivity contribution in [3.05, 3.63) is 30.9 Å². The maximum Gasteiger partial charge on any atom is 0.310 e. The Morgan fingerprint density at radius 1 is 1.50 bits per heavy atom. The number of aromatic nitrogens is 2. The summed E-state index contributed by atoms with van der Waals surface area (Å²) in [7, 11) is 0. The van der Waals surface area contributed by atoms with E-state index in [4.69, 9.17) is 4.74 Å². The largest absolute Gasteiger partial charge is 0.462 e. The first kappa shape index (κ1) is 17.8. The molecule has 0 aromatic carbocycles. The molecule has 0 spiro atoms. The van der Waals surface area contributed by atoms with E-state index in [1.54, 1.807) is 6.20 Å². The molecule has 5 atom stereocenters. The lowest BCUT2D eigenvalue weighted by Gasteiger charge is -2.50. The number of ether oxygens (including phenoxy) is 1. The van der Waals surface area contributed by atoms with Crippen molar-refractivity contribution in [1.29, 1.82) is 0 Å². The van der Waals surface area contributed by atoms with E-state index in [0.717, 1.165) is 45.3 Å². The van der Waals surface area contributed by atoms with E-state index in [1.807, 2.05) is 12.5 Å². The first-order valence-electron chi connectivity index (χ1n) is 10.1. The molecule has 1 aromatic heterocycles. The summed E-state index contributed by atoms with van der Waals surface area (Å²) < 4.78 is 7.90. The van der Waals surface area contributed by atoms with Crippen molar-refractivity contribution in [2.45, 2.75) is 58.1 Å². The molecule has 0 amide bonds. The van der Waals surface area contributed by atoms with Gasteiger partial charge in [0.15, 0.2) is 0 Å². The van der Waals surface area contributed by atoms with Crippen LogP contribution >= 0.6 is 0 Å². The Labute approximate surface area is 156 Å². The number of esters is 1.